The lowest BCUT2D eigenvalue weighted by molar-refractivity contribution is 0.298. The second kappa shape index (κ2) is 7.04. The first kappa shape index (κ1) is 16.0. The lowest BCUT2D eigenvalue weighted by Crippen LogP contribution is -2.09. The topological polar surface area (TPSA) is 53.1 Å². The van der Waals surface area contributed by atoms with E-state index < -0.39 is 0 Å². The minimum atomic E-state index is 0.400. The Morgan fingerprint density at radius 1 is 1.33 bits per heavy atom. The molecule has 0 fully saturated rings. The average molecular weight is 368 g/mol. The van der Waals surface area contributed by atoms with Crippen LogP contribution in [-0.2, 0) is 6.54 Å². The molecule has 21 heavy (non-hydrogen) atoms. The summed E-state index contributed by atoms with van der Waals surface area (Å²) in [6.45, 7) is 5.53. The van der Waals surface area contributed by atoms with Gasteiger partial charge < -0.3 is 10.5 Å². The summed E-state index contributed by atoms with van der Waals surface area (Å²) in [4.78, 5) is 0.400. The first-order valence-electron chi connectivity index (χ1n) is 6.71. The van der Waals surface area contributed by atoms with Gasteiger partial charge >= 0.3 is 0 Å². The molecule has 1 aromatic carbocycles. The largest absolute Gasteiger partial charge is 0.494 e. The van der Waals surface area contributed by atoms with E-state index in [1.54, 1.807) is 0 Å². The zero-order valence-corrected chi connectivity index (χ0v) is 14.5. The van der Waals surface area contributed by atoms with Crippen molar-refractivity contribution in [1.29, 1.82) is 0 Å². The molecule has 0 aliphatic rings. The van der Waals surface area contributed by atoms with E-state index in [0.29, 0.717) is 11.6 Å². The van der Waals surface area contributed by atoms with Crippen molar-refractivity contribution < 1.29 is 4.74 Å². The molecule has 0 aliphatic carbocycles. The SMILES string of the molecule is Cc1nn(CCCOc2ccc(C(N)=S)cc2)c(C)c1Br. The molecule has 0 aliphatic heterocycles. The van der Waals surface area contributed by atoms with Gasteiger partial charge in [-0.2, -0.15) is 5.10 Å². The van der Waals surface area contributed by atoms with E-state index in [0.717, 1.165) is 40.1 Å². The third kappa shape index (κ3) is 4.04. The third-order valence-corrected chi connectivity index (χ3v) is 4.60. The number of hydrogen-bond donors (Lipinski definition) is 1. The van der Waals surface area contributed by atoms with Crippen molar-refractivity contribution in [3.63, 3.8) is 0 Å². The Labute approximate surface area is 138 Å². The van der Waals surface area contributed by atoms with E-state index in [4.69, 9.17) is 22.7 Å². The van der Waals surface area contributed by atoms with Crippen LogP contribution in [-0.4, -0.2) is 21.4 Å². The normalized spacial score (nSPS) is 10.6. The molecule has 2 rings (SSSR count). The van der Waals surface area contributed by atoms with Crippen LogP contribution in [0.5, 0.6) is 5.75 Å². The summed E-state index contributed by atoms with van der Waals surface area (Å²) >= 11 is 8.44. The van der Waals surface area contributed by atoms with Gasteiger partial charge in [-0.25, -0.2) is 0 Å². The monoisotopic (exact) mass is 367 g/mol. The maximum atomic E-state index is 5.70. The molecule has 0 bridgehead atoms. The maximum Gasteiger partial charge on any atom is 0.119 e. The molecule has 1 heterocycles. The molecule has 0 unspecified atom stereocenters. The van der Waals surface area contributed by atoms with E-state index in [2.05, 4.69) is 28.0 Å². The van der Waals surface area contributed by atoms with Gasteiger partial charge in [-0.3, -0.25) is 4.68 Å². The van der Waals surface area contributed by atoms with Crippen molar-refractivity contribution in [2.75, 3.05) is 6.61 Å². The van der Waals surface area contributed by atoms with Gasteiger partial charge in [0.05, 0.1) is 16.8 Å². The van der Waals surface area contributed by atoms with Crippen LogP contribution in [0.1, 0.15) is 23.4 Å². The Balaban J connectivity index is 1.81. The maximum absolute atomic E-state index is 5.70. The van der Waals surface area contributed by atoms with Crippen LogP contribution < -0.4 is 10.5 Å². The number of hydrogen-bond acceptors (Lipinski definition) is 3. The van der Waals surface area contributed by atoms with Gasteiger partial charge in [-0.05, 0) is 54.0 Å². The summed E-state index contributed by atoms with van der Waals surface area (Å²) in [5.74, 6) is 0.824. The lowest BCUT2D eigenvalue weighted by atomic mass is 10.2. The van der Waals surface area contributed by atoms with Crippen molar-refractivity contribution in [3.05, 3.63) is 45.7 Å². The Bertz CT molecular complexity index is 637. The molecule has 6 heteroatoms. The number of ether oxygens (including phenoxy) is 1. The molecule has 0 spiro atoms. The molecule has 4 nitrogen and oxygen atoms in total. The predicted molar refractivity (Wildman–Crippen MR) is 91.8 cm³/mol. The number of nitrogens with zero attached hydrogens (tertiary/aromatic N) is 2. The average Bonchev–Trinajstić information content (AvgIpc) is 2.71. The van der Waals surface area contributed by atoms with Crippen molar-refractivity contribution in [2.24, 2.45) is 5.73 Å². The fraction of sp³-hybridized carbons (Fsp3) is 0.333. The van der Waals surface area contributed by atoms with Crippen molar-refractivity contribution >= 4 is 33.1 Å². The molecule has 2 N–H and O–H groups in total. The van der Waals surface area contributed by atoms with Gasteiger partial charge in [0.25, 0.3) is 0 Å². The number of aromatic nitrogens is 2. The quantitative estimate of drug-likeness (QED) is 0.628. The van der Waals surface area contributed by atoms with Crippen LogP contribution in [0, 0.1) is 13.8 Å². The number of thiocarbonyl (C=S) groups is 1. The highest BCUT2D eigenvalue weighted by Crippen LogP contribution is 2.20. The highest BCUT2D eigenvalue weighted by Gasteiger charge is 2.07. The molecule has 112 valence electrons. The van der Waals surface area contributed by atoms with Crippen LogP contribution >= 0.6 is 28.1 Å². The molecule has 0 radical (unpaired) electrons. The Morgan fingerprint density at radius 2 is 2.00 bits per heavy atom. The third-order valence-electron chi connectivity index (χ3n) is 3.22. The summed E-state index contributed by atoms with van der Waals surface area (Å²) in [7, 11) is 0. The number of benzene rings is 1. The second-order valence-electron chi connectivity index (χ2n) is 4.80. The molecule has 0 saturated carbocycles. The Hall–Kier alpha value is -1.40. The van der Waals surface area contributed by atoms with Crippen molar-refractivity contribution in [1.82, 2.24) is 9.78 Å². The Morgan fingerprint density at radius 3 is 2.52 bits per heavy atom. The molecular weight excluding hydrogens is 350 g/mol. The van der Waals surface area contributed by atoms with Gasteiger partial charge in [-0.1, -0.05) is 12.2 Å². The molecule has 0 amide bonds. The molecular formula is C15H18BrN3OS. The first-order chi connectivity index (χ1) is 9.99. The smallest absolute Gasteiger partial charge is 0.119 e. The van der Waals surface area contributed by atoms with E-state index in [1.807, 2.05) is 35.9 Å². The lowest BCUT2D eigenvalue weighted by Gasteiger charge is -2.08. The van der Waals surface area contributed by atoms with E-state index in [1.165, 1.54) is 0 Å². The highest BCUT2D eigenvalue weighted by atomic mass is 79.9. The van der Waals surface area contributed by atoms with Gasteiger partial charge in [0.1, 0.15) is 10.7 Å². The van der Waals surface area contributed by atoms with E-state index in [-0.39, 0.29) is 0 Å². The van der Waals surface area contributed by atoms with E-state index >= 15 is 0 Å². The summed E-state index contributed by atoms with van der Waals surface area (Å²) in [5.41, 5.74) is 8.57. The fourth-order valence-corrected chi connectivity index (χ4v) is 2.43. The second-order valence-corrected chi connectivity index (χ2v) is 6.03. The van der Waals surface area contributed by atoms with Gasteiger partial charge in [0.15, 0.2) is 0 Å². The standard InChI is InChI=1S/C15H18BrN3OS/c1-10-14(16)11(2)19(18-10)8-3-9-20-13-6-4-12(5-7-13)15(17)21/h4-7H,3,8-9H2,1-2H3,(H2,17,21). The fourth-order valence-electron chi connectivity index (χ4n) is 2.01. The van der Waals surface area contributed by atoms with E-state index in [9.17, 15) is 0 Å². The van der Waals surface area contributed by atoms with Crippen molar-refractivity contribution in [2.45, 2.75) is 26.8 Å². The van der Waals surface area contributed by atoms with Gasteiger partial charge in [0, 0.05) is 24.2 Å². The minimum absolute atomic E-state index is 0.400. The summed E-state index contributed by atoms with van der Waals surface area (Å²) in [6.07, 6.45) is 0.894. The number of nitrogens with two attached hydrogens (primary N) is 1. The van der Waals surface area contributed by atoms with Crippen LogP contribution in [0.4, 0.5) is 0 Å². The van der Waals surface area contributed by atoms with Crippen LogP contribution in [0.25, 0.3) is 0 Å². The number of halogens is 1. The molecule has 0 saturated heterocycles. The summed E-state index contributed by atoms with van der Waals surface area (Å²) < 4.78 is 8.78. The minimum Gasteiger partial charge on any atom is -0.494 e. The molecule has 1 aromatic heterocycles. The molecule has 0 atom stereocenters. The number of rotatable bonds is 6. The predicted octanol–water partition coefficient (Wildman–Crippen LogP) is 3.37. The van der Waals surface area contributed by atoms with Crippen LogP contribution in [0.3, 0.4) is 0 Å². The van der Waals surface area contributed by atoms with Crippen LogP contribution in [0.2, 0.25) is 0 Å². The number of aryl methyl sites for hydroxylation is 2. The highest BCUT2D eigenvalue weighted by molar-refractivity contribution is 9.10. The first-order valence-corrected chi connectivity index (χ1v) is 7.91. The van der Waals surface area contributed by atoms with Gasteiger partial charge in [-0.15, -0.1) is 0 Å². The van der Waals surface area contributed by atoms with Crippen LogP contribution in [0.15, 0.2) is 28.7 Å². The summed E-state index contributed by atoms with van der Waals surface area (Å²) in [6, 6.07) is 7.51. The summed E-state index contributed by atoms with van der Waals surface area (Å²) in [5, 5.41) is 4.47. The zero-order chi connectivity index (χ0) is 15.4. The zero-order valence-electron chi connectivity index (χ0n) is 12.1. The molecule has 2 aromatic rings. The van der Waals surface area contributed by atoms with Gasteiger partial charge in [0.2, 0.25) is 0 Å². The van der Waals surface area contributed by atoms with Crippen molar-refractivity contribution in [3.8, 4) is 5.75 Å². The Kier molecular flexibility index (Phi) is 5.36.